The van der Waals surface area contributed by atoms with Crippen LogP contribution in [0.4, 0.5) is 0 Å². The smallest absolute Gasteiger partial charge is 0.234 e. The third-order valence-electron chi connectivity index (χ3n) is 2.04. The summed E-state index contributed by atoms with van der Waals surface area (Å²) in [4.78, 5) is 8.50. The Morgan fingerprint density at radius 1 is 1.50 bits per heavy atom. The molecular weight excluding hydrogens is 150 g/mol. The lowest BCUT2D eigenvalue weighted by atomic mass is 10.3. The van der Waals surface area contributed by atoms with E-state index < -0.39 is 0 Å². The highest BCUT2D eigenvalue weighted by Gasteiger charge is 2.05. The highest BCUT2D eigenvalue weighted by atomic mass is 15.1. The Hall–Kier alpha value is -1.38. The van der Waals surface area contributed by atoms with Crippen LogP contribution in [-0.4, -0.2) is 14.4 Å². The predicted molar refractivity (Wildman–Crippen MR) is 47.1 cm³/mol. The van der Waals surface area contributed by atoms with E-state index in [4.69, 9.17) is 0 Å². The van der Waals surface area contributed by atoms with Gasteiger partial charge in [0.2, 0.25) is 5.78 Å². The third kappa shape index (κ3) is 0.897. The van der Waals surface area contributed by atoms with Crippen molar-refractivity contribution in [3.05, 3.63) is 29.8 Å². The second-order valence-electron chi connectivity index (χ2n) is 2.79. The fourth-order valence-corrected chi connectivity index (χ4v) is 1.47. The molecule has 0 N–H and O–H groups in total. The van der Waals surface area contributed by atoms with Gasteiger partial charge in [0.15, 0.2) is 0 Å². The van der Waals surface area contributed by atoms with Gasteiger partial charge < -0.3 is 0 Å². The fraction of sp³-hybridized carbons (Fsp3) is 0.333. The lowest BCUT2D eigenvalue weighted by Crippen LogP contribution is -1.92. The van der Waals surface area contributed by atoms with Gasteiger partial charge in [-0.3, -0.25) is 4.40 Å². The summed E-state index contributed by atoms with van der Waals surface area (Å²) >= 11 is 0. The molecule has 0 unspecified atom stereocenters. The lowest BCUT2D eigenvalue weighted by molar-refractivity contribution is 0.965. The first-order valence-corrected chi connectivity index (χ1v) is 4.11. The average Bonchev–Trinajstić information content (AvgIpc) is 2.40. The molecule has 0 spiro atoms. The van der Waals surface area contributed by atoms with Gasteiger partial charge >= 0.3 is 0 Å². The van der Waals surface area contributed by atoms with Crippen LogP contribution in [0.25, 0.3) is 5.78 Å². The molecule has 3 heteroatoms. The van der Waals surface area contributed by atoms with Gasteiger partial charge in [0.25, 0.3) is 0 Å². The largest absolute Gasteiger partial charge is 0.288 e. The maximum Gasteiger partial charge on any atom is 0.234 e. The van der Waals surface area contributed by atoms with E-state index in [2.05, 4.69) is 16.9 Å². The van der Waals surface area contributed by atoms with E-state index in [0.717, 1.165) is 17.9 Å². The second-order valence-corrected chi connectivity index (χ2v) is 2.79. The second kappa shape index (κ2) is 2.59. The quantitative estimate of drug-likeness (QED) is 0.636. The van der Waals surface area contributed by atoms with Gasteiger partial charge in [-0.1, -0.05) is 6.92 Å². The zero-order valence-corrected chi connectivity index (χ0v) is 7.28. The summed E-state index contributed by atoms with van der Waals surface area (Å²) in [5, 5.41) is 0. The number of aryl methyl sites for hydroxylation is 2. The van der Waals surface area contributed by atoms with Crippen LogP contribution < -0.4 is 0 Å². The van der Waals surface area contributed by atoms with Gasteiger partial charge in [-0.25, -0.2) is 9.97 Å². The number of rotatable bonds is 1. The van der Waals surface area contributed by atoms with Crippen LogP contribution in [0.3, 0.4) is 0 Å². The Bertz CT molecular complexity index is 403. The van der Waals surface area contributed by atoms with Crippen molar-refractivity contribution in [3.8, 4) is 0 Å². The van der Waals surface area contributed by atoms with Crippen LogP contribution in [0.5, 0.6) is 0 Å². The zero-order valence-electron chi connectivity index (χ0n) is 7.28. The maximum atomic E-state index is 4.34. The molecule has 0 aliphatic carbocycles. The Morgan fingerprint density at radius 2 is 2.33 bits per heavy atom. The number of fused-ring (bicyclic) bond motifs is 1. The minimum Gasteiger partial charge on any atom is -0.288 e. The van der Waals surface area contributed by atoms with Crippen molar-refractivity contribution in [2.45, 2.75) is 20.3 Å². The number of hydrogen-bond donors (Lipinski definition) is 0. The zero-order chi connectivity index (χ0) is 8.55. The molecule has 0 radical (unpaired) electrons. The molecule has 2 aromatic rings. The normalized spacial score (nSPS) is 10.8. The van der Waals surface area contributed by atoms with Crippen molar-refractivity contribution in [1.82, 2.24) is 14.4 Å². The first-order valence-electron chi connectivity index (χ1n) is 4.11. The van der Waals surface area contributed by atoms with Gasteiger partial charge in [-0.15, -0.1) is 0 Å². The van der Waals surface area contributed by atoms with Crippen LogP contribution in [0, 0.1) is 6.92 Å². The predicted octanol–water partition coefficient (Wildman–Crippen LogP) is 1.60. The molecule has 0 aliphatic heterocycles. The fourth-order valence-electron chi connectivity index (χ4n) is 1.47. The summed E-state index contributed by atoms with van der Waals surface area (Å²) in [7, 11) is 0. The number of hydrogen-bond acceptors (Lipinski definition) is 2. The van der Waals surface area contributed by atoms with Crippen LogP contribution in [-0.2, 0) is 6.42 Å². The van der Waals surface area contributed by atoms with Crippen molar-refractivity contribution in [1.29, 1.82) is 0 Å². The topological polar surface area (TPSA) is 30.2 Å². The van der Waals surface area contributed by atoms with E-state index in [1.54, 1.807) is 6.20 Å². The van der Waals surface area contributed by atoms with Gasteiger partial charge in [-0.2, -0.15) is 0 Å². The molecule has 0 fully saturated rings. The highest BCUT2D eigenvalue weighted by Crippen LogP contribution is 2.09. The van der Waals surface area contributed by atoms with Crippen molar-refractivity contribution < 1.29 is 0 Å². The molecule has 3 nitrogen and oxygen atoms in total. The van der Waals surface area contributed by atoms with E-state index in [-0.39, 0.29) is 0 Å². The van der Waals surface area contributed by atoms with Crippen LogP contribution in [0.2, 0.25) is 0 Å². The summed E-state index contributed by atoms with van der Waals surface area (Å²) in [6.45, 7) is 4.15. The van der Waals surface area contributed by atoms with E-state index in [1.807, 2.05) is 23.6 Å². The molecule has 0 aromatic carbocycles. The van der Waals surface area contributed by atoms with E-state index in [9.17, 15) is 0 Å². The minimum atomic E-state index is 0.798. The highest BCUT2D eigenvalue weighted by molar-refractivity contribution is 5.34. The molecule has 2 aromatic heterocycles. The monoisotopic (exact) mass is 161 g/mol. The summed E-state index contributed by atoms with van der Waals surface area (Å²) in [5.41, 5.74) is 2.33. The number of nitrogens with zero attached hydrogens (tertiary/aromatic N) is 3. The lowest BCUT2D eigenvalue weighted by Gasteiger charge is -1.96. The van der Waals surface area contributed by atoms with Crippen LogP contribution in [0.1, 0.15) is 18.3 Å². The van der Waals surface area contributed by atoms with Gasteiger partial charge in [0.05, 0.1) is 5.69 Å². The van der Waals surface area contributed by atoms with Crippen molar-refractivity contribution in [2.75, 3.05) is 0 Å². The van der Waals surface area contributed by atoms with Crippen molar-refractivity contribution >= 4 is 5.78 Å². The van der Waals surface area contributed by atoms with Gasteiger partial charge in [-0.05, 0) is 19.4 Å². The molecule has 0 saturated heterocycles. The molecule has 2 rings (SSSR count). The Morgan fingerprint density at radius 3 is 3.08 bits per heavy atom. The van der Waals surface area contributed by atoms with Crippen molar-refractivity contribution in [3.63, 3.8) is 0 Å². The number of imidazole rings is 1. The Kier molecular flexibility index (Phi) is 1.57. The first-order chi connectivity index (χ1) is 5.83. The maximum absolute atomic E-state index is 4.34. The SMILES string of the molecule is CCc1c(C)nc2ncccn12. The first kappa shape index (κ1) is 7.28. The van der Waals surface area contributed by atoms with Gasteiger partial charge in [0, 0.05) is 18.1 Å². The molecule has 12 heavy (non-hydrogen) atoms. The summed E-state index contributed by atoms with van der Waals surface area (Å²) < 4.78 is 2.04. The van der Waals surface area contributed by atoms with Crippen LogP contribution >= 0.6 is 0 Å². The molecular formula is C9H11N3. The summed E-state index contributed by atoms with van der Waals surface area (Å²) in [6, 6.07) is 1.92. The molecule has 62 valence electrons. The summed E-state index contributed by atoms with van der Waals surface area (Å²) in [5.74, 6) is 0.798. The molecule has 0 bridgehead atoms. The molecule has 0 amide bonds. The third-order valence-corrected chi connectivity index (χ3v) is 2.04. The Balaban J connectivity index is 2.81. The van der Waals surface area contributed by atoms with Gasteiger partial charge in [0.1, 0.15) is 0 Å². The van der Waals surface area contributed by atoms with E-state index in [0.29, 0.717) is 0 Å². The minimum absolute atomic E-state index is 0.798. The number of aromatic nitrogens is 3. The molecule has 0 atom stereocenters. The molecule has 0 aliphatic rings. The van der Waals surface area contributed by atoms with Crippen LogP contribution in [0.15, 0.2) is 18.5 Å². The molecule has 2 heterocycles. The summed E-state index contributed by atoms with van der Waals surface area (Å²) in [6.07, 6.45) is 4.76. The standard InChI is InChI=1S/C9H11N3/c1-3-8-7(2)11-9-10-5-4-6-12(8)9/h4-6H,3H2,1-2H3. The average molecular weight is 161 g/mol. The van der Waals surface area contributed by atoms with E-state index >= 15 is 0 Å². The van der Waals surface area contributed by atoms with E-state index in [1.165, 1.54) is 5.69 Å². The Labute approximate surface area is 71.1 Å². The molecule has 0 saturated carbocycles. The van der Waals surface area contributed by atoms with Crippen molar-refractivity contribution in [2.24, 2.45) is 0 Å².